The van der Waals surface area contributed by atoms with Crippen LogP contribution >= 0.6 is 0 Å². The maximum atomic E-state index is 5.87. The summed E-state index contributed by atoms with van der Waals surface area (Å²) in [6, 6.07) is 8.37. The lowest BCUT2D eigenvalue weighted by atomic mass is 10.1. The van der Waals surface area contributed by atoms with Crippen LogP contribution in [-0.4, -0.2) is 13.7 Å². The first-order valence-electron chi connectivity index (χ1n) is 4.61. The molecule has 0 aliphatic rings. The van der Waals surface area contributed by atoms with Crippen LogP contribution in [0.3, 0.4) is 0 Å². The van der Waals surface area contributed by atoms with E-state index in [9.17, 15) is 0 Å². The van der Waals surface area contributed by atoms with Crippen molar-refractivity contribution in [3.63, 3.8) is 0 Å². The van der Waals surface area contributed by atoms with Crippen LogP contribution in [0.15, 0.2) is 24.3 Å². The molecule has 0 radical (unpaired) electrons. The van der Waals surface area contributed by atoms with Gasteiger partial charge in [0.25, 0.3) is 0 Å². The van der Waals surface area contributed by atoms with E-state index in [1.807, 2.05) is 0 Å². The number of nitrogens with two attached hydrogens (primary N) is 1. The SMILES string of the molecule is CCc1ccc([C@H](N)COC)cc1. The molecule has 2 heteroatoms. The summed E-state index contributed by atoms with van der Waals surface area (Å²) in [5.41, 5.74) is 8.35. The molecule has 0 unspecified atom stereocenters. The standard InChI is InChI=1S/C11H17NO/c1-3-9-4-6-10(7-5-9)11(12)8-13-2/h4-7,11H,3,8,12H2,1-2H3/t11-/m1/s1. The number of hydrogen-bond acceptors (Lipinski definition) is 2. The Morgan fingerprint density at radius 1 is 1.31 bits per heavy atom. The molecule has 13 heavy (non-hydrogen) atoms. The highest BCUT2D eigenvalue weighted by Gasteiger charge is 2.03. The smallest absolute Gasteiger partial charge is 0.0655 e. The molecule has 1 rings (SSSR count). The van der Waals surface area contributed by atoms with Crippen molar-refractivity contribution in [2.45, 2.75) is 19.4 Å². The van der Waals surface area contributed by atoms with Crippen LogP contribution in [0, 0.1) is 0 Å². The van der Waals surface area contributed by atoms with E-state index in [2.05, 4.69) is 31.2 Å². The molecular formula is C11H17NO. The second-order valence-electron chi connectivity index (χ2n) is 3.16. The van der Waals surface area contributed by atoms with Gasteiger partial charge in [-0.3, -0.25) is 0 Å². The Kier molecular flexibility index (Phi) is 3.93. The maximum absolute atomic E-state index is 5.87. The molecule has 2 nitrogen and oxygen atoms in total. The van der Waals surface area contributed by atoms with E-state index in [1.54, 1.807) is 7.11 Å². The van der Waals surface area contributed by atoms with E-state index < -0.39 is 0 Å². The van der Waals surface area contributed by atoms with Gasteiger partial charge in [0.05, 0.1) is 12.6 Å². The van der Waals surface area contributed by atoms with Crippen molar-refractivity contribution in [2.24, 2.45) is 5.73 Å². The van der Waals surface area contributed by atoms with E-state index >= 15 is 0 Å². The Morgan fingerprint density at radius 3 is 2.38 bits per heavy atom. The van der Waals surface area contributed by atoms with Gasteiger partial charge in [-0.25, -0.2) is 0 Å². The summed E-state index contributed by atoms with van der Waals surface area (Å²) in [7, 11) is 1.67. The lowest BCUT2D eigenvalue weighted by molar-refractivity contribution is 0.181. The largest absolute Gasteiger partial charge is 0.383 e. The molecule has 2 N–H and O–H groups in total. The van der Waals surface area contributed by atoms with Crippen LogP contribution in [0.4, 0.5) is 0 Å². The van der Waals surface area contributed by atoms with Gasteiger partial charge in [-0.1, -0.05) is 31.2 Å². The summed E-state index contributed by atoms with van der Waals surface area (Å²) in [5.74, 6) is 0. The van der Waals surface area contributed by atoms with Gasteiger partial charge in [0.15, 0.2) is 0 Å². The van der Waals surface area contributed by atoms with Crippen molar-refractivity contribution in [3.8, 4) is 0 Å². The quantitative estimate of drug-likeness (QED) is 0.766. The first kappa shape index (κ1) is 10.2. The van der Waals surface area contributed by atoms with Crippen molar-refractivity contribution >= 4 is 0 Å². The summed E-state index contributed by atoms with van der Waals surface area (Å²) >= 11 is 0. The molecule has 1 aromatic carbocycles. The minimum atomic E-state index is -0.00379. The fourth-order valence-corrected chi connectivity index (χ4v) is 1.28. The van der Waals surface area contributed by atoms with E-state index in [1.165, 1.54) is 5.56 Å². The number of methoxy groups -OCH3 is 1. The summed E-state index contributed by atoms with van der Waals surface area (Å²) in [6.45, 7) is 2.72. The fourth-order valence-electron chi connectivity index (χ4n) is 1.28. The van der Waals surface area contributed by atoms with E-state index in [4.69, 9.17) is 10.5 Å². The van der Waals surface area contributed by atoms with Gasteiger partial charge < -0.3 is 10.5 Å². The fraction of sp³-hybridized carbons (Fsp3) is 0.455. The lowest BCUT2D eigenvalue weighted by Crippen LogP contribution is -2.15. The Hall–Kier alpha value is -0.860. The maximum Gasteiger partial charge on any atom is 0.0655 e. The van der Waals surface area contributed by atoms with E-state index in [-0.39, 0.29) is 6.04 Å². The highest BCUT2D eigenvalue weighted by Crippen LogP contribution is 2.11. The Balaban J connectivity index is 2.67. The zero-order valence-corrected chi connectivity index (χ0v) is 8.29. The molecule has 0 fully saturated rings. The second kappa shape index (κ2) is 5.00. The van der Waals surface area contributed by atoms with Crippen molar-refractivity contribution in [2.75, 3.05) is 13.7 Å². The molecule has 72 valence electrons. The molecule has 0 saturated carbocycles. The number of benzene rings is 1. The first-order chi connectivity index (χ1) is 6.27. The van der Waals surface area contributed by atoms with E-state index in [0.717, 1.165) is 12.0 Å². The second-order valence-corrected chi connectivity index (χ2v) is 3.16. The van der Waals surface area contributed by atoms with Gasteiger partial charge in [-0.2, -0.15) is 0 Å². The lowest BCUT2D eigenvalue weighted by Gasteiger charge is -2.10. The van der Waals surface area contributed by atoms with Gasteiger partial charge in [0, 0.05) is 7.11 Å². The average Bonchev–Trinajstić information content (AvgIpc) is 2.18. The molecule has 1 aromatic rings. The van der Waals surface area contributed by atoms with Gasteiger partial charge in [0.1, 0.15) is 0 Å². The zero-order chi connectivity index (χ0) is 9.68. The van der Waals surface area contributed by atoms with Crippen molar-refractivity contribution < 1.29 is 4.74 Å². The predicted octanol–water partition coefficient (Wildman–Crippen LogP) is 1.90. The highest BCUT2D eigenvalue weighted by atomic mass is 16.5. The summed E-state index contributed by atoms with van der Waals surface area (Å²) < 4.78 is 4.99. The van der Waals surface area contributed by atoms with Crippen LogP contribution in [0.5, 0.6) is 0 Å². The third-order valence-corrected chi connectivity index (χ3v) is 2.16. The van der Waals surface area contributed by atoms with Gasteiger partial charge >= 0.3 is 0 Å². The van der Waals surface area contributed by atoms with Gasteiger partial charge in [0.2, 0.25) is 0 Å². The van der Waals surface area contributed by atoms with Crippen molar-refractivity contribution in [1.82, 2.24) is 0 Å². The first-order valence-corrected chi connectivity index (χ1v) is 4.61. The number of aryl methyl sites for hydroxylation is 1. The third kappa shape index (κ3) is 2.83. The molecule has 0 aliphatic heterocycles. The minimum absolute atomic E-state index is 0.00379. The number of rotatable bonds is 4. The topological polar surface area (TPSA) is 35.2 Å². The minimum Gasteiger partial charge on any atom is -0.383 e. The summed E-state index contributed by atoms with van der Waals surface area (Å²) in [6.07, 6.45) is 1.07. The van der Waals surface area contributed by atoms with Gasteiger partial charge in [-0.05, 0) is 17.5 Å². The highest BCUT2D eigenvalue weighted by molar-refractivity contribution is 5.24. The molecule has 0 spiro atoms. The average molecular weight is 179 g/mol. The van der Waals surface area contributed by atoms with E-state index in [0.29, 0.717) is 6.61 Å². The third-order valence-electron chi connectivity index (χ3n) is 2.16. The predicted molar refractivity (Wildman–Crippen MR) is 54.6 cm³/mol. The van der Waals surface area contributed by atoms with Crippen LogP contribution in [-0.2, 0) is 11.2 Å². The molecule has 0 saturated heterocycles. The molecule has 0 amide bonds. The molecular weight excluding hydrogens is 162 g/mol. The summed E-state index contributed by atoms with van der Waals surface area (Å²) in [5, 5.41) is 0. The van der Waals surface area contributed by atoms with Crippen LogP contribution in [0.2, 0.25) is 0 Å². The Morgan fingerprint density at radius 2 is 1.92 bits per heavy atom. The van der Waals surface area contributed by atoms with Crippen LogP contribution < -0.4 is 5.73 Å². The molecule has 0 heterocycles. The molecule has 0 aromatic heterocycles. The van der Waals surface area contributed by atoms with Crippen LogP contribution in [0.25, 0.3) is 0 Å². The monoisotopic (exact) mass is 179 g/mol. The Bertz CT molecular complexity index is 243. The number of ether oxygens (including phenoxy) is 1. The molecule has 0 aliphatic carbocycles. The summed E-state index contributed by atoms with van der Waals surface area (Å²) in [4.78, 5) is 0. The normalized spacial score (nSPS) is 12.8. The molecule has 1 atom stereocenters. The zero-order valence-electron chi connectivity index (χ0n) is 8.29. The molecule has 0 bridgehead atoms. The van der Waals surface area contributed by atoms with Crippen molar-refractivity contribution in [1.29, 1.82) is 0 Å². The number of hydrogen-bond donors (Lipinski definition) is 1. The Labute approximate surface area is 79.7 Å². The van der Waals surface area contributed by atoms with Crippen LogP contribution in [0.1, 0.15) is 24.1 Å². The van der Waals surface area contributed by atoms with Gasteiger partial charge in [-0.15, -0.1) is 0 Å². The van der Waals surface area contributed by atoms with Crippen molar-refractivity contribution in [3.05, 3.63) is 35.4 Å².